The van der Waals surface area contributed by atoms with E-state index in [1.807, 2.05) is 37.3 Å². The summed E-state index contributed by atoms with van der Waals surface area (Å²) in [6, 6.07) is 14.6. The Morgan fingerprint density at radius 1 is 1.14 bits per heavy atom. The number of nitrogens with zero attached hydrogens (tertiary/aromatic N) is 1. The molecule has 1 aromatic heterocycles. The van der Waals surface area contributed by atoms with Crippen molar-refractivity contribution < 1.29 is 4.79 Å². The van der Waals surface area contributed by atoms with Gasteiger partial charge in [0.15, 0.2) is 5.78 Å². The molecule has 0 bridgehead atoms. The Kier molecular flexibility index (Phi) is 5.48. The SMILES string of the molecule is Cc1c(C(=O)c2ccc(Cl)cc2Cl)c2n(c(=O)c1Cc1ccccc1)CCCN2. The van der Waals surface area contributed by atoms with E-state index in [4.69, 9.17) is 23.2 Å². The van der Waals surface area contributed by atoms with Gasteiger partial charge in [0.2, 0.25) is 0 Å². The fourth-order valence-electron chi connectivity index (χ4n) is 3.82. The van der Waals surface area contributed by atoms with E-state index < -0.39 is 0 Å². The molecule has 29 heavy (non-hydrogen) atoms. The molecule has 1 aliphatic rings. The fraction of sp³-hybridized carbons (Fsp3) is 0.217. The number of carbonyl (C=O) groups is 1. The number of ketones is 1. The van der Waals surface area contributed by atoms with Gasteiger partial charge in [0.05, 0.1) is 10.6 Å². The van der Waals surface area contributed by atoms with Crippen LogP contribution in [0.2, 0.25) is 10.0 Å². The molecule has 1 aliphatic heterocycles. The molecule has 0 amide bonds. The molecule has 0 unspecified atom stereocenters. The average molecular weight is 427 g/mol. The lowest BCUT2D eigenvalue weighted by Crippen LogP contribution is -2.34. The maximum atomic E-state index is 13.5. The van der Waals surface area contributed by atoms with Gasteiger partial charge in [-0.3, -0.25) is 14.2 Å². The van der Waals surface area contributed by atoms with Crippen LogP contribution in [0.3, 0.4) is 0 Å². The second-order valence-electron chi connectivity index (χ2n) is 7.18. The summed E-state index contributed by atoms with van der Waals surface area (Å²) in [5.41, 5.74) is 3.18. The van der Waals surface area contributed by atoms with Gasteiger partial charge in [-0.05, 0) is 42.7 Å². The summed E-state index contributed by atoms with van der Waals surface area (Å²) < 4.78 is 1.69. The van der Waals surface area contributed by atoms with E-state index in [0.29, 0.717) is 57.6 Å². The van der Waals surface area contributed by atoms with Gasteiger partial charge in [0, 0.05) is 35.7 Å². The molecule has 0 saturated carbocycles. The third-order valence-corrected chi connectivity index (χ3v) is 5.86. The number of hydrogen-bond acceptors (Lipinski definition) is 3. The van der Waals surface area contributed by atoms with Crippen LogP contribution in [0.1, 0.15) is 39.0 Å². The van der Waals surface area contributed by atoms with Gasteiger partial charge < -0.3 is 5.32 Å². The van der Waals surface area contributed by atoms with Gasteiger partial charge in [0.25, 0.3) is 5.56 Å². The molecule has 0 fully saturated rings. The highest BCUT2D eigenvalue weighted by atomic mass is 35.5. The summed E-state index contributed by atoms with van der Waals surface area (Å²) >= 11 is 12.3. The summed E-state index contributed by atoms with van der Waals surface area (Å²) in [6.07, 6.45) is 1.30. The van der Waals surface area contributed by atoms with Crippen molar-refractivity contribution in [1.29, 1.82) is 0 Å². The maximum absolute atomic E-state index is 13.5. The predicted octanol–water partition coefficient (Wildman–Crippen LogP) is 5.10. The normalized spacial score (nSPS) is 12.9. The fourth-order valence-corrected chi connectivity index (χ4v) is 4.32. The smallest absolute Gasteiger partial charge is 0.255 e. The number of anilines is 1. The van der Waals surface area contributed by atoms with Crippen LogP contribution in [0.5, 0.6) is 0 Å². The Balaban J connectivity index is 1.92. The first-order valence-electron chi connectivity index (χ1n) is 9.51. The highest BCUT2D eigenvalue weighted by Crippen LogP contribution is 2.30. The lowest BCUT2D eigenvalue weighted by atomic mass is 9.93. The Hall–Kier alpha value is -2.56. The zero-order valence-electron chi connectivity index (χ0n) is 16.0. The molecule has 2 aromatic carbocycles. The quantitative estimate of drug-likeness (QED) is 0.590. The van der Waals surface area contributed by atoms with E-state index in [2.05, 4.69) is 5.32 Å². The number of hydrogen-bond donors (Lipinski definition) is 1. The van der Waals surface area contributed by atoms with Crippen LogP contribution in [0.25, 0.3) is 0 Å². The van der Waals surface area contributed by atoms with Gasteiger partial charge in [-0.25, -0.2) is 0 Å². The molecule has 4 nitrogen and oxygen atoms in total. The van der Waals surface area contributed by atoms with Crippen molar-refractivity contribution in [2.24, 2.45) is 0 Å². The van der Waals surface area contributed by atoms with Crippen molar-refractivity contribution in [3.8, 4) is 0 Å². The molecule has 0 spiro atoms. The molecular weight excluding hydrogens is 407 g/mol. The van der Waals surface area contributed by atoms with Crippen molar-refractivity contribution in [2.45, 2.75) is 26.3 Å². The van der Waals surface area contributed by atoms with Crippen molar-refractivity contribution in [3.05, 3.63) is 96.7 Å². The summed E-state index contributed by atoms with van der Waals surface area (Å²) in [5.74, 6) is 0.364. The van der Waals surface area contributed by atoms with E-state index in [1.54, 1.807) is 22.8 Å². The lowest BCUT2D eigenvalue weighted by molar-refractivity contribution is 0.103. The molecule has 4 rings (SSSR count). The van der Waals surface area contributed by atoms with Crippen LogP contribution < -0.4 is 10.9 Å². The highest BCUT2D eigenvalue weighted by molar-refractivity contribution is 6.37. The molecule has 3 aromatic rings. The van der Waals surface area contributed by atoms with Crippen LogP contribution >= 0.6 is 23.2 Å². The predicted molar refractivity (Wildman–Crippen MR) is 118 cm³/mol. The number of nitrogens with one attached hydrogen (secondary N) is 1. The topological polar surface area (TPSA) is 51.1 Å². The molecule has 0 saturated heterocycles. The zero-order valence-corrected chi connectivity index (χ0v) is 17.5. The monoisotopic (exact) mass is 426 g/mol. The van der Waals surface area contributed by atoms with E-state index in [-0.39, 0.29) is 11.3 Å². The molecular formula is C23H20Cl2N2O2. The molecule has 1 N–H and O–H groups in total. The van der Waals surface area contributed by atoms with Crippen LogP contribution in [0.15, 0.2) is 53.3 Å². The number of fused-ring (bicyclic) bond motifs is 1. The summed E-state index contributed by atoms with van der Waals surface area (Å²) in [6.45, 7) is 3.14. The van der Waals surface area contributed by atoms with Crippen LogP contribution in [-0.2, 0) is 13.0 Å². The molecule has 2 heterocycles. The summed E-state index contributed by atoms with van der Waals surface area (Å²) in [5, 5.41) is 4.03. The minimum atomic E-state index is -0.211. The number of carbonyl (C=O) groups excluding carboxylic acids is 1. The Labute approximate surface area is 179 Å². The maximum Gasteiger partial charge on any atom is 0.255 e. The first-order chi connectivity index (χ1) is 14.0. The van der Waals surface area contributed by atoms with Crippen molar-refractivity contribution in [3.63, 3.8) is 0 Å². The van der Waals surface area contributed by atoms with Gasteiger partial charge in [-0.1, -0.05) is 53.5 Å². The van der Waals surface area contributed by atoms with Crippen molar-refractivity contribution >= 4 is 34.8 Å². The minimum absolute atomic E-state index is 0.0488. The Morgan fingerprint density at radius 2 is 1.90 bits per heavy atom. The van der Waals surface area contributed by atoms with E-state index in [0.717, 1.165) is 12.0 Å². The number of halogens is 2. The largest absolute Gasteiger partial charge is 0.371 e. The molecule has 0 aliphatic carbocycles. The lowest BCUT2D eigenvalue weighted by Gasteiger charge is -2.26. The van der Waals surface area contributed by atoms with Crippen molar-refractivity contribution in [2.75, 3.05) is 11.9 Å². The van der Waals surface area contributed by atoms with Crippen LogP contribution in [0.4, 0.5) is 5.82 Å². The Morgan fingerprint density at radius 3 is 2.62 bits per heavy atom. The Bertz CT molecular complexity index is 1150. The number of benzene rings is 2. The van der Waals surface area contributed by atoms with E-state index >= 15 is 0 Å². The number of pyridine rings is 1. The second-order valence-corrected chi connectivity index (χ2v) is 8.02. The summed E-state index contributed by atoms with van der Waals surface area (Å²) in [4.78, 5) is 26.7. The van der Waals surface area contributed by atoms with Crippen LogP contribution in [-0.4, -0.2) is 16.9 Å². The number of aromatic nitrogens is 1. The standard InChI is InChI=1S/C23H20Cl2N2O2/c1-14-18(12-15-6-3-2-4-7-15)23(29)27-11-5-10-26-22(27)20(14)21(28)17-9-8-16(24)13-19(17)25/h2-4,6-9,13,26H,5,10-12H2,1H3. The average Bonchev–Trinajstić information content (AvgIpc) is 2.72. The molecule has 6 heteroatoms. The zero-order chi connectivity index (χ0) is 20.5. The van der Waals surface area contributed by atoms with E-state index in [1.165, 1.54) is 0 Å². The molecule has 0 atom stereocenters. The van der Waals surface area contributed by atoms with Gasteiger partial charge >= 0.3 is 0 Å². The van der Waals surface area contributed by atoms with Gasteiger partial charge in [-0.15, -0.1) is 0 Å². The van der Waals surface area contributed by atoms with Gasteiger partial charge in [-0.2, -0.15) is 0 Å². The first-order valence-corrected chi connectivity index (χ1v) is 10.3. The minimum Gasteiger partial charge on any atom is -0.371 e. The molecule has 148 valence electrons. The number of rotatable bonds is 4. The van der Waals surface area contributed by atoms with Crippen LogP contribution in [0, 0.1) is 6.92 Å². The second kappa shape index (κ2) is 8.05. The third kappa shape index (κ3) is 3.70. The molecule has 0 radical (unpaired) electrons. The van der Waals surface area contributed by atoms with E-state index in [9.17, 15) is 9.59 Å². The van der Waals surface area contributed by atoms with Gasteiger partial charge in [0.1, 0.15) is 5.82 Å². The van der Waals surface area contributed by atoms with Crippen molar-refractivity contribution in [1.82, 2.24) is 4.57 Å². The summed E-state index contributed by atoms with van der Waals surface area (Å²) in [7, 11) is 0. The highest BCUT2D eigenvalue weighted by Gasteiger charge is 2.27. The first kappa shape index (κ1) is 19.7. The third-order valence-electron chi connectivity index (χ3n) is 5.32.